The van der Waals surface area contributed by atoms with Crippen LogP contribution in [0.5, 0.6) is 0 Å². The van der Waals surface area contributed by atoms with Crippen molar-refractivity contribution in [3.05, 3.63) is 54.0 Å². The number of furan rings is 1. The number of benzene rings is 1. The molecule has 0 aliphatic heterocycles. The molecule has 0 spiro atoms. The van der Waals surface area contributed by atoms with Crippen LogP contribution in [0.25, 0.3) is 0 Å². The number of carbonyl (C=O) groups excluding carboxylic acids is 2. The Morgan fingerprint density at radius 2 is 2.04 bits per heavy atom. The first-order valence-corrected chi connectivity index (χ1v) is 8.02. The summed E-state index contributed by atoms with van der Waals surface area (Å²) in [7, 11) is 0. The zero-order chi connectivity index (χ0) is 17.4. The zero-order valence-electron chi connectivity index (χ0n) is 14.0. The van der Waals surface area contributed by atoms with Crippen molar-refractivity contribution in [2.45, 2.75) is 32.9 Å². The van der Waals surface area contributed by atoms with Crippen molar-refractivity contribution in [3.8, 4) is 0 Å². The molecule has 0 bridgehead atoms. The number of rotatable bonds is 8. The van der Waals surface area contributed by atoms with Gasteiger partial charge in [-0.3, -0.25) is 9.59 Å². The van der Waals surface area contributed by atoms with Crippen LogP contribution < -0.4 is 16.0 Å². The average Bonchev–Trinajstić information content (AvgIpc) is 3.11. The first kappa shape index (κ1) is 17.6. The van der Waals surface area contributed by atoms with Gasteiger partial charge in [0, 0.05) is 17.3 Å². The van der Waals surface area contributed by atoms with Crippen LogP contribution in [0.15, 0.2) is 47.1 Å². The Labute approximate surface area is 141 Å². The van der Waals surface area contributed by atoms with Crippen molar-refractivity contribution in [1.29, 1.82) is 0 Å². The Bertz CT molecular complexity index is 668. The van der Waals surface area contributed by atoms with Gasteiger partial charge in [-0.05, 0) is 43.7 Å². The van der Waals surface area contributed by atoms with Gasteiger partial charge in [-0.25, -0.2) is 0 Å². The molecular formula is C18H23N3O3. The number of hydrogen-bond donors (Lipinski definition) is 3. The smallest absolute Gasteiger partial charge is 0.251 e. The summed E-state index contributed by atoms with van der Waals surface area (Å²) in [6.07, 6.45) is 2.44. The first-order valence-electron chi connectivity index (χ1n) is 8.02. The zero-order valence-corrected chi connectivity index (χ0v) is 14.0. The molecule has 0 fully saturated rings. The van der Waals surface area contributed by atoms with Gasteiger partial charge >= 0.3 is 0 Å². The van der Waals surface area contributed by atoms with E-state index in [1.54, 1.807) is 36.6 Å². The highest BCUT2D eigenvalue weighted by atomic mass is 16.3. The van der Waals surface area contributed by atoms with Gasteiger partial charge in [0.05, 0.1) is 19.4 Å². The maximum absolute atomic E-state index is 12.1. The predicted molar refractivity (Wildman–Crippen MR) is 92.7 cm³/mol. The summed E-state index contributed by atoms with van der Waals surface area (Å²) in [5.41, 5.74) is 1.29. The minimum atomic E-state index is -0.152. The van der Waals surface area contributed by atoms with Crippen LogP contribution in [0.3, 0.4) is 0 Å². The maximum Gasteiger partial charge on any atom is 0.251 e. The van der Waals surface area contributed by atoms with Crippen LogP contribution in [0.2, 0.25) is 0 Å². The van der Waals surface area contributed by atoms with E-state index in [2.05, 4.69) is 16.0 Å². The van der Waals surface area contributed by atoms with Crippen molar-refractivity contribution in [3.63, 3.8) is 0 Å². The second-order valence-electron chi connectivity index (χ2n) is 5.57. The van der Waals surface area contributed by atoms with E-state index >= 15 is 0 Å². The van der Waals surface area contributed by atoms with E-state index in [-0.39, 0.29) is 24.4 Å². The number of hydrogen-bond acceptors (Lipinski definition) is 4. The minimum Gasteiger partial charge on any atom is -0.467 e. The summed E-state index contributed by atoms with van der Waals surface area (Å²) in [6.45, 7) is 4.45. The fourth-order valence-electron chi connectivity index (χ4n) is 2.02. The largest absolute Gasteiger partial charge is 0.467 e. The Kier molecular flexibility index (Phi) is 6.42. The van der Waals surface area contributed by atoms with Gasteiger partial charge in [0.1, 0.15) is 5.76 Å². The third kappa shape index (κ3) is 5.46. The molecule has 0 aliphatic rings. The number of anilines is 1. The molecule has 1 atom stereocenters. The number of amides is 2. The third-order valence-corrected chi connectivity index (χ3v) is 3.61. The Hall–Kier alpha value is -2.76. The van der Waals surface area contributed by atoms with Crippen molar-refractivity contribution in [2.75, 3.05) is 11.9 Å². The van der Waals surface area contributed by atoms with E-state index in [9.17, 15) is 9.59 Å². The van der Waals surface area contributed by atoms with Crippen LogP contribution in [0.4, 0.5) is 5.69 Å². The van der Waals surface area contributed by atoms with Gasteiger partial charge in [0.25, 0.3) is 5.91 Å². The second kappa shape index (κ2) is 8.76. The lowest BCUT2D eigenvalue weighted by atomic mass is 10.1. The molecule has 0 radical (unpaired) electrons. The van der Waals surface area contributed by atoms with E-state index in [4.69, 9.17) is 4.42 Å². The Balaban J connectivity index is 1.83. The van der Waals surface area contributed by atoms with E-state index in [1.165, 1.54) is 0 Å². The highest BCUT2D eigenvalue weighted by Crippen LogP contribution is 2.10. The summed E-state index contributed by atoms with van der Waals surface area (Å²) < 4.78 is 5.15. The molecule has 3 N–H and O–H groups in total. The summed E-state index contributed by atoms with van der Waals surface area (Å²) in [5.74, 6) is 0.434. The summed E-state index contributed by atoms with van der Waals surface area (Å²) >= 11 is 0. The lowest BCUT2D eigenvalue weighted by Crippen LogP contribution is -2.32. The van der Waals surface area contributed by atoms with Crippen LogP contribution in [-0.2, 0) is 11.3 Å². The van der Waals surface area contributed by atoms with Crippen LogP contribution >= 0.6 is 0 Å². The number of carbonyl (C=O) groups is 2. The Morgan fingerprint density at radius 3 is 2.75 bits per heavy atom. The quantitative estimate of drug-likeness (QED) is 0.695. The topological polar surface area (TPSA) is 83.4 Å². The molecule has 1 heterocycles. The van der Waals surface area contributed by atoms with Crippen molar-refractivity contribution in [2.24, 2.45) is 0 Å². The van der Waals surface area contributed by atoms with Crippen LogP contribution in [0, 0.1) is 0 Å². The second-order valence-corrected chi connectivity index (χ2v) is 5.57. The molecule has 0 saturated heterocycles. The normalized spacial score (nSPS) is 11.6. The molecule has 6 nitrogen and oxygen atoms in total. The van der Waals surface area contributed by atoms with Gasteiger partial charge in [0.2, 0.25) is 5.91 Å². The highest BCUT2D eigenvalue weighted by molar-refractivity contribution is 5.95. The fraction of sp³-hybridized carbons (Fsp3) is 0.333. The molecule has 2 amide bonds. The molecule has 1 unspecified atom stereocenters. The van der Waals surface area contributed by atoms with Crippen molar-refractivity contribution < 1.29 is 14.0 Å². The standard InChI is InChI=1S/C18H23N3O3/c1-3-13(2)21-18(23)14-6-4-7-15(10-14)19-12-17(22)20-11-16-8-5-9-24-16/h4-10,13,19H,3,11-12H2,1-2H3,(H,20,22)(H,21,23). The monoisotopic (exact) mass is 329 g/mol. The van der Waals surface area contributed by atoms with Gasteiger partial charge in [-0.15, -0.1) is 0 Å². The summed E-state index contributed by atoms with van der Waals surface area (Å²) in [6, 6.07) is 10.8. The molecule has 0 aliphatic carbocycles. The maximum atomic E-state index is 12.1. The molecular weight excluding hydrogens is 306 g/mol. The van der Waals surface area contributed by atoms with Crippen LogP contribution in [0.1, 0.15) is 36.4 Å². The fourth-order valence-corrected chi connectivity index (χ4v) is 2.02. The summed E-state index contributed by atoms with van der Waals surface area (Å²) in [4.78, 5) is 23.9. The third-order valence-electron chi connectivity index (χ3n) is 3.61. The van der Waals surface area contributed by atoms with E-state index < -0.39 is 0 Å². The molecule has 2 aromatic rings. The average molecular weight is 329 g/mol. The van der Waals surface area contributed by atoms with Gasteiger partial charge in [-0.1, -0.05) is 13.0 Å². The van der Waals surface area contributed by atoms with E-state index in [0.29, 0.717) is 17.9 Å². The molecule has 24 heavy (non-hydrogen) atoms. The molecule has 1 aromatic heterocycles. The lowest BCUT2D eigenvalue weighted by molar-refractivity contribution is -0.119. The summed E-state index contributed by atoms with van der Waals surface area (Å²) in [5, 5.41) is 8.68. The van der Waals surface area contributed by atoms with Crippen molar-refractivity contribution >= 4 is 17.5 Å². The van der Waals surface area contributed by atoms with Crippen molar-refractivity contribution in [1.82, 2.24) is 10.6 Å². The van der Waals surface area contributed by atoms with E-state index in [0.717, 1.165) is 12.1 Å². The lowest BCUT2D eigenvalue weighted by Gasteiger charge is -2.12. The molecule has 0 saturated carbocycles. The predicted octanol–water partition coefficient (Wildman–Crippen LogP) is 2.54. The highest BCUT2D eigenvalue weighted by Gasteiger charge is 2.09. The molecule has 128 valence electrons. The SMILES string of the molecule is CCC(C)NC(=O)c1cccc(NCC(=O)NCc2ccco2)c1. The number of nitrogens with one attached hydrogen (secondary N) is 3. The Morgan fingerprint density at radius 1 is 1.21 bits per heavy atom. The molecule has 6 heteroatoms. The van der Waals surface area contributed by atoms with E-state index in [1.807, 2.05) is 19.9 Å². The molecule has 1 aromatic carbocycles. The molecule has 2 rings (SSSR count). The van der Waals surface area contributed by atoms with Gasteiger partial charge < -0.3 is 20.4 Å². The van der Waals surface area contributed by atoms with Gasteiger partial charge in [-0.2, -0.15) is 0 Å². The van der Waals surface area contributed by atoms with Crippen LogP contribution in [-0.4, -0.2) is 24.4 Å². The van der Waals surface area contributed by atoms with Gasteiger partial charge in [0.15, 0.2) is 0 Å². The minimum absolute atomic E-state index is 0.115. The first-order chi connectivity index (χ1) is 11.6.